The molecule has 6 nitrogen and oxygen atoms in total. The summed E-state index contributed by atoms with van der Waals surface area (Å²) >= 11 is 5.51. The van der Waals surface area contributed by atoms with Crippen LogP contribution in [-0.4, -0.2) is 48.1 Å². The predicted molar refractivity (Wildman–Crippen MR) is 74.5 cm³/mol. The summed E-state index contributed by atoms with van der Waals surface area (Å²) in [5.41, 5.74) is -0.636. The first-order chi connectivity index (χ1) is 9.62. The van der Waals surface area contributed by atoms with Gasteiger partial charge < -0.3 is 10.2 Å². The van der Waals surface area contributed by atoms with Crippen molar-refractivity contribution in [3.8, 4) is 0 Å². The average molecular weight is 340 g/mol. The lowest BCUT2D eigenvalue weighted by Gasteiger charge is -2.25. The Kier molecular flexibility index (Phi) is 5.68. The number of aliphatic hydroxyl groups excluding tert-OH is 1. The number of sulfonamides is 1. The van der Waals surface area contributed by atoms with E-state index in [0.717, 1.165) is 10.4 Å². The van der Waals surface area contributed by atoms with E-state index in [-0.39, 0.29) is 6.54 Å². The number of nitrogens with zero attached hydrogens (tertiary/aromatic N) is 1. The van der Waals surface area contributed by atoms with Crippen LogP contribution in [0.25, 0.3) is 0 Å². The van der Waals surface area contributed by atoms with Crippen molar-refractivity contribution < 1.29 is 27.8 Å². The molecule has 9 heteroatoms. The Labute approximate surface area is 126 Å². The molecule has 0 aliphatic rings. The van der Waals surface area contributed by atoms with E-state index >= 15 is 0 Å². The minimum absolute atomic E-state index is 0.188. The van der Waals surface area contributed by atoms with E-state index < -0.39 is 49.9 Å². The first kappa shape index (κ1) is 17.8. The number of rotatable bonds is 6. The van der Waals surface area contributed by atoms with Crippen molar-refractivity contribution in [2.45, 2.75) is 24.8 Å². The number of benzene rings is 1. The molecule has 0 aliphatic heterocycles. The average Bonchev–Trinajstić information content (AvgIpc) is 2.37. The quantitative estimate of drug-likeness (QED) is 0.820. The number of halogens is 2. The van der Waals surface area contributed by atoms with Crippen molar-refractivity contribution in [1.82, 2.24) is 4.31 Å². The van der Waals surface area contributed by atoms with E-state index in [1.807, 2.05) is 0 Å². The molecule has 0 fully saturated rings. The lowest BCUT2D eigenvalue weighted by Crippen LogP contribution is -2.39. The van der Waals surface area contributed by atoms with Gasteiger partial charge in [-0.25, -0.2) is 17.6 Å². The van der Waals surface area contributed by atoms with Gasteiger partial charge in [0.25, 0.3) is 0 Å². The molecule has 0 bridgehead atoms. The van der Waals surface area contributed by atoms with Crippen molar-refractivity contribution >= 4 is 27.6 Å². The summed E-state index contributed by atoms with van der Waals surface area (Å²) in [6.07, 6.45) is 0. The highest BCUT2D eigenvalue weighted by molar-refractivity contribution is 7.89. The van der Waals surface area contributed by atoms with Crippen LogP contribution in [0.4, 0.5) is 4.39 Å². The van der Waals surface area contributed by atoms with E-state index in [9.17, 15) is 17.6 Å². The molecule has 0 amide bonds. The van der Waals surface area contributed by atoms with Crippen LogP contribution < -0.4 is 0 Å². The Morgan fingerprint density at radius 1 is 1.43 bits per heavy atom. The van der Waals surface area contributed by atoms with Gasteiger partial charge in [-0.05, 0) is 26.0 Å². The molecule has 0 unspecified atom stereocenters. The maximum atomic E-state index is 13.7. The first-order valence-electron chi connectivity index (χ1n) is 5.98. The molecular formula is C12H15ClFNO5S. The van der Waals surface area contributed by atoms with Crippen LogP contribution in [-0.2, 0) is 10.0 Å². The van der Waals surface area contributed by atoms with Crippen molar-refractivity contribution in [2.75, 3.05) is 13.2 Å². The van der Waals surface area contributed by atoms with Crippen molar-refractivity contribution in [3.63, 3.8) is 0 Å². The third kappa shape index (κ3) is 3.70. The SMILES string of the molecule is CC(C)N(CCO)S(=O)(=O)c1cc(F)c(Cl)c(C(=O)O)c1. The molecule has 0 atom stereocenters. The van der Waals surface area contributed by atoms with E-state index in [1.165, 1.54) is 0 Å². The Bertz CT molecular complexity index is 647. The van der Waals surface area contributed by atoms with Gasteiger partial charge in [-0.1, -0.05) is 11.6 Å². The topological polar surface area (TPSA) is 94.9 Å². The highest BCUT2D eigenvalue weighted by Gasteiger charge is 2.29. The highest BCUT2D eigenvalue weighted by atomic mass is 35.5. The fourth-order valence-corrected chi connectivity index (χ4v) is 3.62. The second kappa shape index (κ2) is 6.69. The molecule has 0 radical (unpaired) electrons. The van der Waals surface area contributed by atoms with Gasteiger partial charge in [0.05, 0.1) is 22.1 Å². The van der Waals surface area contributed by atoms with Gasteiger partial charge in [0.1, 0.15) is 5.82 Å². The third-order valence-corrected chi connectivity index (χ3v) is 5.17. The molecule has 118 valence electrons. The summed E-state index contributed by atoms with van der Waals surface area (Å²) in [5.74, 6) is -2.67. The summed E-state index contributed by atoms with van der Waals surface area (Å²) in [5, 5.41) is 17.2. The number of aliphatic hydroxyl groups is 1. The summed E-state index contributed by atoms with van der Waals surface area (Å²) in [6.45, 7) is 2.56. The summed E-state index contributed by atoms with van der Waals surface area (Å²) < 4.78 is 39.4. The molecule has 0 aromatic heterocycles. The minimum atomic E-state index is -4.15. The number of carboxylic acids is 1. The summed E-state index contributed by atoms with van der Waals surface area (Å²) in [7, 11) is -4.15. The molecule has 0 heterocycles. The van der Waals surface area contributed by atoms with Gasteiger partial charge in [-0.3, -0.25) is 0 Å². The van der Waals surface area contributed by atoms with Gasteiger partial charge in [0.15, 0.2) is 0 Å². The lowest BCUT2D eigenvalue weighted by atomic mass is 10.2. The van der Waals surface area contributed by atoms with Crippen molar-refractivity contribution in [2.24, 2.45) is 0 Å². The molecule has 1 aromatic carbocycles. The van der Waals surface area contributed by atoms with E-state index in [1.54, 1.807) is 13.8 Å². The Balaban J connectivity index is 3.47. The molecule has 1 aromatic rings. The highest BCUT2D eigenvalue weighted by Crippen LogP contribution is 2.27. The van der Waals surface area contributed by atoms with Gasteiger partial charge >= 0.3 is 5.97 Å². The zero-order valence-electron chi connectivity index (χ0n) is 11.4. The van der Waals surface area contributed by atoms with E-state index in [4.69, 9.17) is 21.8 Å². The second-order valence-corrected chi connectivity index (χ2v) is 6.77. The Morgan fingerprint density at radius 2 is 2.00 bits per heavy atom. The zero-order valence-corrected chi connectivity index (χ0v) is 12.9. The molecule has 0 saturated heterocycles. The van der Waals surface area contributed by atoms with Crippen molar-refractivity contribution in [1.29, 1.82) is 0 Å². The van der Waals surface area contributed by atoms with E-state index in [0.29, 0.717) is 6.07 Å². The van der Waals surface area contributed by atoms with E-state index in [2.05, 4.69) is 0 Å². The maximum absolute atomic E-state index is 13.7. The molecule has 1 rings (SSSR count). The lowest BCUT2D eigenvalue weighted by molar-refractivity contribution is 0.0696. The van der Waals surface area contributed by atoms with Crippen LogP contribution >= 0.6 is 11.6 Å². The smallest absolute Gasteiger partial charge is 0.337 e. The molecule has 21 heavy (non-hydrogen) atoms. The Morgan fingerprint density at radius 3 is 2.43 bits per heavy atom. The van der Waals surface area contributed by atoms with Crippen LogP contribution in [0.15, 0.2) is 17.0 Å². The third-order valence-electron chi connectivity index (χ3n) is 2.74. The van der Waals surface area contributed by atoms with Gasteiger partial charge in [-0.15, -0.1) is 0 Å². The maximum Gasteiger partial charge on any atom is 0.337 e. The number of hydrogen-bond donors (Lipinski definition) is 2. The minimum Gasteiger partial charge on any atom is -0.478 e. The first-order valence-corrected chi connectivity index (χ1v) is 7.79. The summed E-state index contributed by atoms with van der Waals surface area (Å²) in [6, 6.07) is 0.973. The van der Waals surface area contributed by atoms with Gasteiger partial charge in [0, 0.05) is 12.6 Å². The normalized spacial score (nSPS) is 12.1. The molecule has 0 aliphatic carbocycles. The Hall–Kier alpha value is -1.22. The van der Waals surface area contributed by atoms with Crippen LogP contribution in [0, 0.1) is 5.82 Å². The zero-order chi connectivity index (χ0) is 16.4. The van der Waals surface area contributed by atoms with Gasteiger partial charge in [-0.2, -0.15) is 4.31 Å². The fraction of sp³-hybridized carbons (Fsp3) is 0.417. The fourth-order valence-electron chi connectivity index (χ4n) is 1.76. The standard InChI is InChI=1S/C12H15ClFNO5S/c1-7(2)15(3-4-16)21(19,20)8-5-9(12(17)18)11(13)10(14)6-8/h5-7,16H,3-4H2,1-2H3,(H,17,18). The number of aromatic carboxylic acids is 1. The largest absolute Gasteiger partial charge is 0.478 e. The van der Waals surface area contributed by atoms with Crippen LogP contribution in [0.5, 0.6) is 0 Å². The predicted octanol–water partition coefficient (Wildman–Crippen LogP) is 1.57. The van der Waals surface area contributed by atoms with Crippen LogP contribution in [0.1, 0.15) is 24.2 Å². The van der Waals surface area contributed by atoms with Gasteiger partial charge in [0.2, 0.25) is 10.0 Å². The molecule has 0 saturated carbocycles. The second-order valence-electron chi connectivity index (χ2n) is 4.50. The van der Waals surface area contributed by atoms with Crippen LogP contribution in [0.3, 0.4) is 0 Å². The summed E-state index contributed by atoms with van der Waals surface area (Å²) in [4.78, 5) is 10.5. The monoisotopic (exact) mass is 339 g/mol. The number of hydrogen-bond acceptors (Lipinski definition) is 4. The number of carboxylic acid groups (broad SMARTS) is 1. The number of carbonyl (C=O) groups is 1. The molecule has 0 spiro atoms. The van der Waals surface area contributed by atoms with Crippen molar-refractivity contribution in [3.05, 3.63) is 28.5 Å². The molecular weight excluding hydrogens is 325 g/mol. The molecule has 2 N–H and O–H groups in total. The van der Waals surface area contributed by atoms with Crippen LogP contribution in [0.2, 0.25) is 5.02 Å².